The third-order valence-corrected chi connectivity index (χ3v) is 14.5. The van der Waals surface area contributed by atoms with Gasteiger partial charge in [0.05, 0.1) is 32.0 Å². The van der Waals surface area contributed by atoms with Gasteiger partial charge in [0.1, 0.15) is 0 Å². The van der Waals surface area contributed by atoms with Crippen LogP contribution in [-0.2, 0) is 20.0 Å². The quantitative estimate of drug-likeness (QED) is 0.0765. The van der Waals surface area contributed by atoms with E-state index in [1.807, 2.05) is 27.7 Å². The molecule has 6 rings (SSSR count). The van der Waals surface area contributed by atoms with E-state index in [4.69, 9.17) is 0 Å². The molecule has 2 aliphatic rings. The van der Waals surface area contributed by atoms with Crippen LogP contribution in [0.15, 0.2) is 94.7 Å². The number of benzene rings is 4. The summed E-state index contributed by atoms with van der Waals surface area (Å²) in [4.78, 5) is 54.8. The molecule has 0 radical (unpaired) electrons. The van der Waals surface area contributed by atoms with Gasteiger partial charge in [-0.2, -0.15) is 8.61 Å². The normalized spacial score (nSPS) is 14.3. The average Bonchev–Trinajstić information content (AvgIpc) is 3.56. The van der Waals surface area contributed by atoms with Gasteiger partial charge in [-0.25, -0.2) is 16.8 Å². The first kappa shape index (κ1) is 42.6. The fourth-order valence-corrected chi connectivity index (χ4v) is 10.4. The molecule has 0 N–H and O–H groups in total. The summed E-state index contributed by atoms with van der Waals surface area (Å²) in [5, 5.41) is 0. The Kier molecular flexibility index (Phi) is 13.1. The molecule has 0 bridgehead atoms. The molecule has 0 unspecified atom stereocenters. The standard InChI is InChI=1S/C44H50N4O8S2/c1-31-11-17-35(18-12-31)57(53,54)45(25-9-27-47-41(49)37-21-15-33(3)29-39(37)43(47)51)23-7-5-6-8-24-46(58(55,56)36-19-13-32(2)14-20-36)26-10-28-48-42(50)38-22-16-34(4)30-40(38)44(48)52/h11-22,29-30H,5-10,23-28H2,1-4H3. The van der Waals surface area contributed by atoms with Crippen LogP contribution in [0.3, 0.4) is 0 Å². The Balaban J connectivity index is 1.06. The van der Waals surface area contributed by atoms with Gasteiger partial charge in [0.25, 0.3) is 23.6 Å². The molecule has 4 amide bonds. The van der Waals surface area contributed by atoms with Gasteiger partial charge >= 0.3 is 0 Å². The molecular weight excluding hydrogens is 777 g/mol. The molecule has 14 heteroatoms. The topological polar surface area (TPSA) is 150 Å². The highest BCUT2D eigenvalue weighted by Gasteiger charge is 2.37. The molecule has 306 valence electrons. The van der Waals surface area contributed by atoms with Crippen LogP contribution in [0.5, 0.6) is 0 Å². The fraction of sp³-hybridized carbons (Fsp3) is 0.364. The van der Waals surface area contributed by atoms with Crippen molar-refractivity contribution in [3.63, 3.8) is 0 Å². The van der Waals surface area contributed by atoms with Crippen LogP contribution in [-0.4, -0.2) is 98.1 Å². The predicted octanol–water partition coefficient (Wildman–Crippen LogP) is 6.53. The number of fused-ring (bicyclic) bond motifs is 2. The lowest BCUT2D eigenvalue weighted by Gasteiger charge is -2.24. The molecule has 4 aromatic rings. The Bertz CT molecular complexity index is 2260. The second-order valence-corrected chi connectivity index (χ2v) is 19.1. The number of carbonyl (C=O) groups excluding carboxylic acids is 4. The number of amides is 4. The Hall–Kier alpha value is -5.02. The number of carbonyl (C=O) groups is 4. The van der Waals surface area contributed by atoms with E-state index in [0.29, 0.717) is 47.9 Å². The SMILES string of the molecule is Cc1ccc(S(=O)(=O)N(CCCCCCN(CCCN2C(=O)c3ccc(C)cc3C2=O)S(=O)(=O)c2ccc(C)cc2)CCCN2C(=O)c3ccc(C)cc3C2=O)cc1. The lowest BCUT2D eigenvalue weighted by molar-refractivity contribution is 0.0635. The number of hydrogen-bond acceptors (Lipinski definition) is 8. The van der Waals surface area contributed by atoms with Crippen molar-refractivity contribution in [1.82, 2.24) is 18.4 Å². The van der Waals surface area contributed by atoms with E-state index in [1.54, 1.807) is 84.9 Å². The Morgan fingerprint density at radius 2 is 0.707 bits per heavy atom. The summed E-state index contributed by atoms with van der Waals surface area (Å²) in [5.74, 6) is -1.53. The van der Waals surface area contributed by atoms with Gasteiger partial charge in [0.2, 0.25) is 20.0 Å². The second kappa shape index (κ2) is 17.9. The van der Waals surface area contributed by atoms with Crippen LogP contribution in [0.1, 0.15) is 102 Å². The molecule has 0 saturated heterocycles. The smallest absolute Gasteiger partial charge is 0.261 e. The van der Waals surface area contributed by atoms with Crippen LogP contribution < -0.4 is 0 Å². The van der Waals surface area contributed by atoms with Crippen molar-refractivity contribution in [2.75, 3.05) is 39.3 Å². The van der Waals surface area contributed by atoms with Crippen molar-refractivity contribution < 1.29 is 36.0 Å². The maximum absolute atomic E-state index is 13.9. The maximum atomic E-state index is 13.9. The van der Waals surface area contributed by atoms with Crippen molar-refractivity contribution >= 4 is 43.7 Å². The highest BCUT2D eigenvalue weighted by atomic mass is 32.2. The van der Waals surface area contributed by atoms with Gasteiger partial charge in [-0.15, -0.1) is 0 Å². The minimum Gasteiger partial charge on any atom is -0.274 e. The van der Waals surface area contributed by atoms with E-state index >= 15 is 0 Å². The van der Waals surface area contributed by atoms with Crippen LogP contribution >= 0.6 is 0 Å². The van der Waals surface area contributed by atoms with E-state index in [9.17, 15) is 36.0 Å². The van der Waals surface area contributed by atoms with E-state index in [0.717, 1.165) is 22.3 Å². The van der Waals surface area contributed by atoms with Crippen LogP contribution in [0, 0.1) is 27.7 Å². The van der Waals surface area contributed by atoms with E-state index in [1.165, 1.54) is 18.4 Å². The van der Waals surface area contributed by atoms with Crippen molar-refractivity contribution in [3.05, 3.63) is 129 Å². The van der Waals surface area contributed by atoms with Gasteiger partial charge in [-0.1, -0.05) is 71.5 Å². The zero-order chi connectivity index (χ0) is 41.8. The third kappa shape index (κ3) is 9.15. The lowest BCUT2D eigenvalue weighted by atomic mass is 10.1. The lowest BCUT2D eigenvalue weighted by Crippen LogP contribution is -2.37. The number of hydrogen-bond donors (Lipinski definition) is 0. The number of unbranched alkanes of at least 4 members (excludes halogenated alkanes) is 3. The minimum absolute atomic E-state index is 0.0727. The zero-order valence-electron chi connectivity index (χ0n) is 33.4. The zero-order valence-corrected chi connectivity index (χ0v) is 35.1. The van der Waals surface area contributed by atoms with Crippen LogP contribution in [0.25, 0.3) is 0 Å². The first-order valence-electron chi connectivity index (χ1n) is 19.7. The third-order valence-electron chi connectivity index (χ3n) is 10.7. The van der Waals surface area contributed by atoms with Gasteiger partial charge in [-0.05, 0) is 102 Å². The first-order chi connectivity index (χ1) is 27.6. The molecule has 0 saturated carbocycles. The van der Waals surface area contributed by atoms with Crippen molar-refractivity contribution in [2.45, 2.75) is 76.0 Å². The monoisotopic (exact) mass is 826 g/mol. The molecule has 0 atom stereocenters. The van der Waals surface area contributed by atoms with Gasteiger partial charge in [-0.3, -0.25) is 29.0 Å². The highest BCUT2D eigenvalue weighted by Crippen LogP contribution is 2.27. The van der Waals surface area contributed by atoms with E-state index < -0.39 is 20.0 Å². The number of aryl methyl sites for hydroxylation is 4. The molecule has 0 aliphatic carbocycles. The molecule has 0 aromatic heterocycles. The molecule has 2 aliphatic heterocycles. The summed E-state index contributed by atoms with van der Waals surface area (Å²) in [5.41, 5.74) is 4.99. The molecule has 12 nitrogen and oxygen atoms in total. The number of rotatable bonds is 19. The van der Waals surface area contributed by atoms with Crippen molar-refractivity contribution in [1.29, 1.82) is 0 Å². The van der Waals surface area contributed by atoms with Crippen LogP contribution in [0.2, 0.25) is 0 Å². The Morgan fingerprint density at radius 1 is 0.397 bits per heavy atom. The Morgan fingerprint density at radius 3 is 1.07 bits per heavy atom. The van der Waals surface area contributed by atoms with Gasteiger partial charge in [0.15, 0.2) is 0 Å². The minimum atomic E-state index is -3.90. The predicted molar refractivity (Wildman–Crippen MR) is 221 cm³/mol. The van der Waals surface area contributed by atoms with Gasteiger partial charge < -0.3 is 0 Å². The number of nitrogens with zero attached hydrogens (tertiary/aromatic N) is 4. The first-order valence-corrected chi connectivity index (χ1v) is 22.5. The summed E-state index contributed by atoms with van der Waals surface area (Å²) in [6.45, 7) is 8.18. The van der Waals surface area contributed by atoms with Crippen LogP contribution in [0.4, 0.5) is 0 Å². The molecular formula is C44H50N4O8S2. The molecule has 2 heterocycles. The summed E-state index contributed by atoms with van der Waals surface area (Å²) in [7, 11) is -7.80. The van der Waals surface area contributed by atoms with E-state index in [-0.39, 0.29) is 85.5 Å². The summed E-state index contributed by atoms with van der Waals surface area (Å²) >= 11 is 0. The average molecular weight is 827 g/mol. The fourth-order valence-electron chi connectivity index (χ4n) is 7.38. The summed E-state index contributed by atoms with van der Waals surface area (Å²) in [6.07, 6.45) is 2.74. The highest BCUT2D eigenvalue weighted by molar-refractivity contribution is 7.89. The van der Waals surface area contributed by atoms with Crippen molar-refractivity contribution in [2.24, 2.45) is 0 Å². The number of sulfonamides is 2. The van der Waals surface area contributed by atoms with E-state index in [2.05, 4.69) is 0 Å². The van der Waals surface area contributed by atoms with Gasteiger partial charge in [0, 0.05) is 39.3 Å². The second-order valence-electron chi connectivity index (χ2n) is 15.2. The Labute approximate surface area is 341 Å². The molecule has 0 spiro atoms. The maximum Gasteiger partial charge on any atom is 0.261 e. The van der Waals surface area contributed by atoms with Crippen molar-refractivity contribution in [3.8, 4) is 0 Å². The summed E-state index contributed by atoms with van der Waals surface area (Å²) in [6, 6.07) is 23.5. The largest absolute Gasteiger partial charge is 0.274 e. The summed E-state index contributed by atoms with van der Waals surface area (Å²) < 4.78 is 58.3. The molecule has 58 heavy (non-hydrogen) atoms. The number of imide groups is 2. The molecule has 0 fully saturated rings. The molecule has 4 aromatic carbocycles.